The Morgan fingerprint density at radius 3 is 2.21 bits per heavy atom. The van der Waals surface area contributed by atoms with Crippen LogP contribution in [0, 0.1) is 11.8 Å². The molecule has 3 N–H and O–H groups in total. The summed E-state index contributed by atoms with van der Waals surface area (Å²) in [4.78, 5) is 36.3. The van der Waals surface area contributed by atoms with E-state index in [9.17, 15) is 14.4 Å². The van der Waals surface area contributed by atoms with Gasteiger partial charge in [0.25, 0.3) is 0 Å². The van der Waals surface area contributed by atoms with E-state index in [1.54, 1.807) is 0 Å². The zero-order chi connectivity index (χ0) is 24.1. The Morgan fingerprint density at radius 1 is 1.03 bits per heavy atom. The number of amides is 2. The smallest absolute Gasteiger partial charge is 0.407 e. The van der Waals surface area contributed by atoms with E-state index in [-0.39, 0.29) is 38.0 Å². The Morgan fingerprint density at radius 2 is 1.65 bits per heavy atom. The summed E-state index contributed by atoms with van der Waals surface area (Å²) in [5.41, 5.74) is 4.48. The number of carbonyl (C=O) groups is 3. The van der Waals surface area contributed by atoms with Crippen LogP contribution in [-0.4, -0.2) is 56.0 Å². The molecule has 2 atom stereocenters. The number of carbonyl (C=O) groups excluding carboxylic acids is 2. The molecule has 0 radical (unpaired) electrons. The Kier molecular flexibility index (Phi) is 7.47. The topological polar surface area (TPSA) is 114 Å². The predicted molar refractivity (Wildman–Crippen MR) is 125 cm³/mol. The lowest BCUT2D eigenvalue weighted by Crippen LogP contribution is -2.50. The second-order valence-corrected chi connectivity index (χ2v) is 8.92. The predicted octanol–water partition coefficient (Wildman–Crippen LogP) is 3.16. The maximum absolute atomic E-state index is 12.7. The Hall–Kier alpha value is -3.39. The van der Waals surface area contributed by atoms with Crippen molar-refractivity contribution in [2.75, 3.05) is 26.9 Å². The molecule has 4 rings (SSSR count). The molecule has 1 saturated carbocycles. The van der Waals surface area contributed by atoms with Crippen LogP contribution >= 0.6 is 0 Å². The van der Waals surface area contributed by atoms with Gasteiger partial charge in [0.1, 0.15) is 12.6 Å². The van der Waals surface area contributed by atoms with Crippen LogP contribution in [0.4, 0.5) is 4.79 Å². The molecule has 0 bridgehead atoms. The molecule has 0 heterocycles. The van der Waals surface area contributed by atoms with E-state index in [0.717, 1.165) is 35.1 Å². The van der Waals surface area contributed by atoms with Crippen molar-refractivity contribution in [1.29, 1.82) is 0 Å². The van der Waals surface area contributed by atoms with Crippen LogP contribution in [0.25, 0.3) is 11.1 Å². The highest BCUT2D eigenvalue weighted by Gasteiger charge is 2.34. The molecule has 34 heavy (non-hydrogen) atoms. The minimum Gasteiger partial charge on any atom is -0.481 e. The molecular weight excluding hydrogens is 436 g/mol. The van der Waals surface area contributed by atoms with E-state index in [0.29, 0.717) is 5.92 Å². The summed E-state index contributed by atoms with van der Waals surface area (Å²) in [6.45, 7) is 0.370. The summed E-state index contributed by atoms with van der Waals surface area (Å²) in [6.07, 6.45) is 1.27. The average molecular weight is 467 g/mol. The fourth-order valence-electron chi connectivity index (χ4n) is 4.68. The van der Waals surface area contributed by atoms with Crippen molar-refractivity contribution in [3.05, 3.63) is 59.7 Å². The van der Waals surface area contributed by atoms with Gasteiger partial charge in [-0.05, 0) is 46.9 Å². The molecule has 0 saturated heterocycles. The third kappa shape index (κ3) is 5.56. The molecule has 2 aromatic carbocycles. The number of nitrogens with one attached hydrogen (secondary N) is 2. The van der Waals surface area contributed by atoms with Crippen molar-refractivity contribution in [2.24, 2.45) is 11.8 Å². The van der Waals surface area contributed by atoms with Gasteiger partial charge in [0.05, 0.1) is 13.0 Å². The van der Waals surface area contributed by atoms with Crippen LogP contribution in [-0.2, 0) is 19.1 Å². The maximum atomic E-state index is 12.7. The van der Waals surface area contributed by atoms with Gasteiger partial charge < -0.3 is 25.2 Å². The summed E-state index contributed by atoms with van der Waals surface area (Å²) in [6, 6.07) is 15.2. The fraction of sp³-hybridized carbons (Fsp3) is 0.423. The lowest BCUT2D eigenvalue weighted by atomic mass is 9.98. The molecule has 2 aliphatic carbocycles. The van der Waals surface area contributed by atoms with Crippen molar-refractivity contribution in [1.82, 2.24) is 10.6 Å². The van der Waals surface area contributed by atoms with Crippen molar-refractivity contribution in [3.63, 3.8) is 0 Å². The summed E-state index contributed by atoms with van der Waals surface area (Å²) in [5.74, 6) is -1.17. The molecule has 8 heteroatoms. The quantitative estimate of drug-likeness (QED) is 0.469. The number of alkyl carbamates (subject to hydrolysis) is 1. The van der Waals surface area contributed by atoms with Crippen molar-refractivity contribution >= 4 is 18.0 Å². The summed E-state index contributed by atoms with van der Waals surface area (Å²) in [5, 5.41) is 14.5. The SMILES string of the molecule is COCC(NC(=O)OCC1c2ccccc2-c2ccccc21)C(=O)NCC(CC(=O)O)C1CC1. The normalized spacial score (nSPS) is 16.1. The third-order valence-corrected chi connectivity index (χ3v) is 6.55. The molecule has 1 fully saturated rings. The second kappa shape index (κ2) is 10.7. The van der Waals surface area contributed by atoms with Crippen LogP contribution in [0.15, 0.2) is 48.5 Å². The van der Waals surface area contributed by atoms with Crippen molar-refractivity contribution in [2.45, 2.75) is 31.2 Å². The van der Waals surface area contributed by atoms with Crippen molar-refractivity contribution < 1.29 is 29.0 Å². The number of aliphatic carboxylic acids is 1. The highest BCUT2D eigenvalue weighted by molar-refractivity contribution is 5.86. The first kappa shape index (κ1) is 23.8. The standard InChI is InChI=1S/C26H30N2O6/c1-33-15-23(25(31)27-13-17(12-24(29)30)16-10-11-16)28-26(32)34-14-22-20-8-4-2-6-18(20)19-7-3-5-9-21(19)22/h2-9,16-17,22-23H,10-15H2,1H3,(H,27,31)(H,28,32)(H,29,30). The van der Waals surface area contributed by atoms with Crippen molar-refractivity contribution in [3.8, 4) is 11.1 Å². The van der Waals surface area contributed by atoms with Crippen LogP contribution in [0.2, 0.25) is 0 Å². The van der Waals surface area contributed by atoms with Crippen LogP contribution < -0.4 is 10.6 Å². The molecule has 2 unspecified atom stereocenters. The van der Waals surface area contributed by atoms with Gasteiger partial charge in [-0.25, -0.2) is 4.79 Å². The molecule has 2 aromatic rings. The monoisotopic (exact) mass is 466 g/mol. The van der Waals surface area contributed by atoms with E-state index < -0.39 is 24.0 Å². The van der Waals surface area contributed by atoms with E-state index in [1.165, 1.54) is 7.11 Å². The average Bonchev–Trinajstić information content (AvgIpc) is 3.62. The second-order valence-electron chi connectivity index (χ2n) is 8.92. The van der Waals surface area contributed by atoms with E-state index >= 15 is 0 Å². The number of benzene rings is 2. The van der Waals surface area contributed by atoms with Gasteiger partial charge in [-0.15, -0.1) is 0 Å². The van der Waals surface area contributed by atoms with Gasteiger partial charge in [0.2, 0.25) is 5.91 Å². The number of carboxylic acids is 1. The number of ether oxygens (including phenoxy) is 2. The zero-order valence-corrected chi connectivity index (χ0v) is 19.2. The first-order valence-electron chi connectivity index (χ1n) is 11.6. The molecule has 2 aliphatic rings. The molecule has 8 nitrogen and oxygen atoms in total. The Labute approximate surface area is 198 Å². The molecule has 180 valence electrons. The Balaban J connectivity index is 1.33. The maximum Gasteiger partial charge on any atom is 0.407 e. The molecule has 0 aliphatic heterocycles. The van der Waals surface area contributed by atoms with E-state index in [1.807, 2.05) is 36.4 Å². The summed E-state index contributed by atoms with van der Waals surface area (Å²) in [7, 11) is 1.44. The van der Waals surface area contributed by atoms with Crippen LogP contribution in [0.5, 0.6) is 0 Å². The first-order chi connectivity index (χ1) is 16.5. The Bertz CT molecular complexity index is 1010. The third-order valence-electron chi connectivity index (χ3n) is 6.55. The van der Waals surface area contributed by atoms with Gasteiger partial charge in [0, 0.05) is 19.6 Å². The van der Waals surface area contributed by atoms with Gasteiger partial charge in [-0.3, -0.25) is 9.59 Å². The largest absolute Gasteiger partial charge is 0.481 e. The fourth-order valence-corrected chi connectivity index (χ4v) is 4.68. The highest BCUT2D eigenvalue weighted by atomic mass is 16.5. The van der Waals surface area contributed by atoms with E-state index in [2.05, 4.69) is 22.8 Å². The van der Waals surface area contributed by atoms with Crippen LogP contribution in [0.3, 0.4) is 0 Å². The first-order valence-corrected chi connectivity index (χ1v) is 11.6. The number of fused-ring (bicyclic) bond motifs is 3. The summed E-state index contributed by atoms with van der Waals surface area (Å²) >= 11 is 0. The van der Waals surface area contributed by atoms with Crippen LogP contribution in [0.1, 0.15) is 36.3 Å². The lowest BCUT2D eigenvalue weighted by Gasteiger charge is -2.21. The summed E-state index contributed by atoms with van der Waals surface area (Å²) < 4.78 is 10.6. The number of hydrogen-bond acceptors (Lipinski definition) is 5. The molecule has 2 amide bonds. The number of methoxy groups -OCH3 is 1. The lowest BCUT2D eigenvalue weighted by molar-refractivity contribution is -0.138. The number of hydrogen-bond donors (Lipinski definition) is 3. The van der Waals surface area contributed by atoms with E-state index in [4.69, 9.17) is 14.6 Å². The minimum atomic E-state index is -0.940. The minimum absolute atomic E-state index is 0.0136. The van der Waals surface area contributed by atoms with Gasteiger partial charge >= 0.3 is 12.1 Å². The number of carboxylic acid groups (broad SMARTS) is 1. The molecule has 0 spiro atoms. The molecular formula is C26H30N2O6. The zero-order valence-electron chi connectivity index (χ0n) is 19.2. The number of rotatable bonds is 11. The van der Waals surface area contributed by atoms with Gasteiger partial charge in [-0.1, -0.05) is 48.5 Å². The van der Waals surface area contributed by atoms with Gasteiger partial charge in [0.15, 0.2) is 0 Å². The van der Waals surface area contributed by atoms with Gasteiger partial charge in [-0.2, -0.15) is 0 Å². The molecule has 0 aromatic heterocycles. The highest BCUT2D eigenvalue weighted by Crippen LogP contribution is 2.44.